The summed E-state index contributed by atoms with van der Waals surface area (Å²) in [7, 11) is 0. The molecule has 2 atom stereocenters. The Morgan fingerprint density at radius 1 is 1.47 bits per heavy atom. The first kappa shape index (κ1) is 14.2. The van der Waals surface area contributed by atoms with Gasteiger partial charge >= 0.3 is 0 Å². The van der Waals surface area contributed by atoms with Gasteiger partial charge in [0.15, 0.2) is 0 Å². The van der Waals surface area contributed by atoms with Crippen molar-refractivity contribution in [2.75, 3.05) is 11.1 Å². The molecule has 4 nitrogen and oxygen atoms in total. The quantitative estimate of drug-likeness (QED) is 0.654. The maximum atomic E-state index is 11.0. The van der Waals surface area contributed by atoms with Crippen molar-refractivity contribution in [1.82, 2.24) is 0 Å². The Hall–Kier alpha value is -1.23. The Bertz CT molecular complexity index is 465. The molecule has 2 rings (SSSR count). The van der Waals surface area contributed by atoms with E-state index in [1.807, 2.05) is 24.8 Å². The summed E-state index contributed by atoms with van der Waals surface area (Å²) in [6, 6.07) is 5.61. The predicted octanol–water partition coefficient (Wildman–Crippen LogP) is 3.99. The molecule has 5 heteroatoms. The van der Waals surface area contributed by atoms with Crippen LogP contribution >= 0.6 is 11.8 Å². The topological polar surface area (TPSA) is 55.2 Å². The van der Waals surface area contributed by atoms with Gasteiger partial charge in [-0.15, -0.1) is 0 Å². The van der Waals surface area contributed by atoms with Crippen LogP contribution in [0.15, 0.2) is 18.2 Å². The van der Waals surface area contributed by atoms with Crippen LogP contribution < -0.4 is 5.32 Å². The van der Waals surface area contributed by atoms with Crippen molar-refractivity contribution in [3.05, 3.63) is 33.9 Å². The lowest BCUT2D eigenvalue weighted by Gasteiger charge is -2.15. The standard InChI is InChI=1S/C14H20N2O2S/c1-3-19-12-6-5-11(9-12)15-13-8-10(2)4-7-14(13)16(17)18/h4,7-8,11-12,15H,3,5-6,9H2,1-2H3. The van der Waals surface area contributed by atoms with Crippen LogP contribution in [0.4, 0.5) is 11.4 Å². The third-order valence-electron chi connectivity index (χ3n) is 3.50. The van der Waals surface area contributed by atoms with Crippen LogP contribution in [-0.4, -0.2) is 22.0 Å². The lowest BCUT2D eigenvalue weighted by Crippen LogP contribution is -2.17. The molecule has 0 saturated heterocycles. The molecule has 1 saturated carbocycles. The van der Waals surface area contributed by atoms with Crippen molar-refractivity contribution in [2.45, 2.75) is 44.4 Å². The highest BCUT2D eigenvalue weighted by Gasteiger charge is 2.26. The second-order valence-corrected chi connectivity index (χ2v) is 6.59. The average molecular weight is 280 g/mol. The van der Waals surface area contributed by atoms with Gasteiger partial charge in [-0.05, 0) is 43.6 Å². The highest BCUT2D eigenvalue weighted by atomic mass is 32.2. The largest absolute Gasteiger partial charge is 0.377 e. The summed E-state index contributed by atoms with van der Waals surface area (Å²) in [5.41, 5.74) is 1.89. The smallest absolute Gasteiger partial charge is 0.292 e. The zero-order valence-corrected chi connectivity index (χ0v) is 12.2. The molecule has 0 aliphatic heterocycles. The van der Waals surface area contributed by atoms with E-state index in [1.54, 1.807) is 12.1 Å². The third kappa shape index (κ3) is 3.62. The minimum atomic E-state index is -0.311. The van der Waals surface area contributed by atoms with E-state index in [0.29, 0.717) is 17.0 Å². The van der Waals surface area contributed by atoms with E-state index in [-0.39, 0.29) is 10.6 Å². The fourth-order valence-corrected chi connectivity index (χ4v) is 3.75. The van der Waals surface area contributed by atoms with Crippen molar-refractivity contribution >= 4 is 23.1 Å². The van der Waals surface area contributed by atoms with Crippen molar-refractivity contribution in [2.24, 2.45) is 0 Å². The molecular weight excluding hydrogens is 260 g/mol. The Morgan fingerprint density at radius 3 is 2.95 bits per heavy atom. The summed E-state index contributed by atoms with van der Waals surface area (Å²) in [6.45, 7) is 4.14. The Morgan fingerprint density at radius 2 is 2.26 bits per heavy atom. The molecule has 1 N–H and O–H groups in total. The van der Waals surface area contributed by atoms with Gasteiger partial charge in [0, 0.05) is 17.4 Å². The van der Waals surface area contributed by atoms with Crippen LogP contribution in [0.1, 0.15) is 31.7 Å². The predicted molar refractivity (Wildman–Crippen MR) is 81.0 cm³/mol. The number of hydrogen-bond donors (Lipinski definition) is 1. The first-order valence-corrected chi connectivity index (χ1v) is 7.78. The third-order valence-corrected chi connectivity index (χ3v) is 4.73. The van der Waals surface area contributed by atoms with E-state index < -0.39 is 0 Å². The summed E-state index contributed by atoms with van der Waals surface area (Å²) in [6.07, 6.45) is 3.40. The van der Waals surface area contributed by atoms with E-state index in [9.17, 15) is 10.1 Å². The number of nitrogens with one attached hydrogen (secondary N) is 1. The number of rotatable bonds is 5. The van der Waals surface area contributed by atoms with E-state index in [2.05, 4.69) is 12.2 Å². The van der Waals surface area contributed by atoms with Gasteiger partial charge in [-0.25, -0.2) is 0 Å². The van der Waals surface area contributed by atoms with Crippen molar-refractivity contribution in [3.63, 3.8) is 0 Å². The highest BCUT2D eigenvalue weighted by molar-refractivity contribution is 7.99. The number of benzene rings is 1. The molecule has 19 heavy (non-hydrogen) atoms. The van der Waals surface area contributed by atoms with Gasteiger partial charge in [0.2, 0.25) is 0 Å². The molecule has 0 bridgehead atoms. The van der Waals surface area contributed by atoms with Gasteiger partial charge in [-0.3, -0.25) is 10.1 Å². The normalized spacial score (nSPS) is 22.4. The molecule has 1 aromatic rings. The first-order valence-electron chi connectivity index (χ1n) is 6.73. The molecule has 0 amide bonds. The molecule has 0 heterocycles. The van der Waals surface area contributed by atoms with E-state index in [0.717, 1.165) is 24.2 Å². The molecule has 104 valence electrons. The van der Waals surface area contributed by atoms with Gasteiger partial charge < -0.3 is 5.32 Å². The number of nitro groups is 1. The summed E-state index contributed by atoms with van der Waals surface area (Å²) < 4.78 is 0. The molecule has 1 aromatic carbocycles. The van der Waals surface area contributed by atoms with Crippen LogP contribution in [0.25, 0.3) is 0 Å². The second-order valence-electron chi connectivity index (χ2n) is 5.01. The van der Waals surface area contributed by atoms with Gasteiger partial charge in [0.25, 0.3) is 5.69 Å². The molecule has 0 radical (unpaired) electrons. The number of thioether (sulfide) groups is 1. The Balaban J connectivity index is 2.07. The first-order chi connectivity index (χ1) is 9.10. The second kappa shape index (κ2) is 6.28. The van der Waals surface area contributed by atoms with Crippen LogP contribution in [0.3, 0.4) is 0 Å². The molecule has 1 aliphatic rings. The maximum absolute atomic E-state index is 11.0. The monoisotopic (exact) mass is 280 g/mol. The minimum Gasteiger partial charge on any atom is -0.377 e. The van der Waals surface area contributed by atoms with E-state index in [1.165, 1.54) is 6.42 Å². The summed E-state index contributed by atoms with van der Waals surface area (Å²) in [4.78, 5) is 10.7. The molecule has 0 spiro atoms. The zero-order valence-electron chi connectivity index (χ0n) is 11.4. The lowest BCUT2D eigenvalue weighted by atomic mass is 10.1. The van der Waals surface area contributed by atoms with Crippen LogP contribution in [0.5, 0.6) is 0 Å². The number of hydrogen-bond acceptors (Lipinski definition) is 4. The average Bonchev–Trinajstić information content (AvgIpc) is 2.77. The summed E-state index contributed by atoms with van der Waals surface area (Å²) in [5.74, 6) is 1.14. The van der Waals surface area contributed by atoms with Crippen LogP contribution in [0.2, 0.25) is 0 Å². The van der Waals surface area contributed by atoms with Crippen LogP contribution in [0, 0.1) is 17.0 Å². The number of nitro benzene ring substituents is 1. The maximum Gasteiger partial charge on any atom is 0.292 e. The zero-order chi connectivity index (χ0) is 13.8. The fourth-order valence-electron chi connectivity index (χ4n) is 2.60. The summed E-state index contributed by atoms with van der Waals surface area (Å²) >= 11 is 1.99. The number of aryl methyl sites for hydroxylation is 1. The summed E-state index contributed by atoms with van der Waals surface area (Å²) in [5, 5.41) is 15.1. The van der Waals surface area contributed by atoms with E-state index in [4.69, 9.17) is 0 Å². The molecule has 0 aromatic heterocycles. The molecular formula is C14H20N2O2S. The Kier molecular flexibility index (Phi) is 4.69. The fraction of sp³-hybridized carbons (Fsp3) is 0.571. The molecule has 1 aliphatic carbocycles. The highest BCUT2D eigenvalue weighted by Crippen LogP contribution is 2.34. The lowest BCUT2D eigenvalue weighted by molar-refractivity contribution is -0.384. The molecule has 2 unspecified atom stereocenters. The van der Waals surface area contributed by atoms with E-state index >= 15 is 0 Å². The number of nitrogens with zero attached hydrogens (tertiary/aromatic N) is 1. The van der Waals surface area contributed by atoms with Gasteiger partial charge in [0.1, 0.15) is 5.69 Å². The van der Waals surface area contributed by atoms with Crippen molar-refractivity contribution in [1.29, 1.82) is 0 Å². The van der Waals surface area contributed by atoms with Crippen molar-refractivity contribution < 1.29 is 4.92 Å². The van der Waals surface area contributed by atoms with Gasteiger partial charge in [-0.1, -0.05) is 13.0 Å². The van der Waals surface area contributed by atoms with Crippen LogP contribution in [-0.2, 0) is 0 Å². The Labute approximate surface area is 118 Å². The molecule has 1 fully saturated rings. The van der Waals surface area contributed by atoms with Gasteiger partial charge in [-0.2, -0.15) is 11.8 Å². The number of anilines is 1. The SMILES string of the molecule is CCSC1CCC(Nc2cc(C)ccc2[N+](=O)[O-])C1. The minimum absolute atomic E-state index is 0.178. The van der Waals surface area contributed by atoms with Gasteiger partial charge in [0.05, 0.1) is 4.92 Å². The van der Waals surface area contributed by atoms with Crippen molar-refractivity contribution in [3.8, 4) is 0 Å².